The zero-order valence-electron chi connectivity index (χ0n) is 31.3. The molecule has 5 aliphatic rings. The average molecular weight is 781 g/mol. The Morgan fingerprint density at radius 3 is 1.58 bits per heavy atom. The summed E-state index contributed by atoms with van der Waals surface area (Å²) >= 11 is 7.85. The minimum Gasteiger partial charge on any atom is -0.467 e. The van der Waals surface area contributed by atoms with Crippen molar-refractivity contribution in [1.82, 2.24) is 9.13 Å². The lowest BCUT2D eigenvalue weighted by Gasteiger charge is -2.43. The van der Waals surface area contributed by atoms with Gasteiger partial charge in [-0.1, -0.05) is 95.6 Å². The first kappa shape index (κ1) is 35.6. The highest BCUT2D eigenvalue weighted by Crippen LogP contribution is 2.64. The molecule has 0 saturated carbocycles. The van der Waals surface area contributed by atoms with E-state index in [2.05, 4.69) is 98.5 Å². The average Bonchev–Trinajstić information content (AvgIpc) is 3.92. The van der Waals surface area contributed by atoms with E-state index < -0.39 is 0 Å². The Morgan fingerprint density at radius 1 is 0.604 bits per heavy atom. The molecule has 4 heterocycles. The van der Waals surface area contributed by atoms with Gasteiger partial charge in [0.25, 0.3) is 0 Å². The van der Waals surface area contributed by atoms with E-state index in [9.17, 15) is 0 Å². The van der Waals surface area contributed by atoms with Crippen molar-refractivity contribution in [2.24, 2.45) is 7.05 Å². The molecule has 10 heteroatoms. The van der Waals surface area contributed by atoms with Crippen molar-refractivity contribution in [2.45, 2.75) is 84.9 Å². The second kappa shape index (κ2) is 14.2. The van der Waals surface area contributed by atoms with Gasteiger partial charge in [-0.05, 0) is 80.8 Å². The molecule has 0 N–H and O–H groups in total. The maximum atomic E-state index is 6.58. The molecular weight excluding hydrogens is 737 g/mol. The third kappa shape index (κ3) is 5.65. The zero-order valence-corrected chi connectivity index (χ0v) is 34.5. The normalized spacial score (nSPS) is 17.6. The predicted molar refractivity (Wildman–Crippen MR) is 218 cm³/mol. The van der Waals surface area contributed by atoms with E-state index in [1.54, 1.807) is 14.2 Å². The summed E-state index contributed by atoms with van der Waals surface area (Å²) in [7, 11) is 5.55. The van der Waals surface area contributed by atoms with E-state index in [-0.39, 0.29) is 25.4 Å². The van der Waals surface area contributed by atoms with Crippen LogP contribution in [0, 0.1) is 27.7 Å². The summed E-state index contributed by atoms with van der Waals surface area (Å²) in [5, 5.41) is 0. The van der Waals surface area contributed by atoms with Crippen molar-refractivity contribution in [2.75, 3.05) is 27.8 Å². The number of hydrogen-bond donors (Lipinski definition) is 0. The molecule has 2 bridgehead atoms. The summed E-state index contributed by atoms with van der Waals surface area (Å²) in [6, 6.07) is 20.0. The number of thioether (sulfide) groups is 4. The van der Waals surface area contributed by atoms with Crippen LogP contribution < -0.4 is 9.47 Å². The highest BCUT2D eigenvalue weighted by molar-refractivity contribution is 8.30. The molecule has 0 fully saturated rings. The smallest absolute Gasteiger partial charge is 0.188 e. The number of hydrogen-bond acceptors (Lipinski definition) is 8. The van der Waals surface area contributed by atoms with Crippen LogP contribution in [0.2, 0.25) is 0 Å². The van der Waals surface area contributed by atoms with Crippen LogP contribution in [0.3, 0.4) is 0 Å². The van der Waals surface area contributed by atoms with E-state index in [4.69, 9.17) is 18.9 Å². The van der Waals surface area contributed by atoms with Crippen molar-refractivity contribution in [3.63, 3.8) is 0 Å². The van der Waals surface area contributed by atoms with Crippen LogP contribution in [-0.2, 0) is 29.5 Å². The Balaban J connectivity index is 0.979. The SMILES string of the molecule is COCOc1cc(CCCCn2c(C)c3c(c2C)SC(=C2Sc4c(c(C)n(C)c4C)S2)S3)c(OCOC)c2c1C1c3ccccc3C2c2ccccc21. The highest BCUT2D eigenvalue weighted by Gasteiger charge is 2.45. The summed E-state index contributed by atoms with van der Waals surface area (Å²) in [4.78, 5) is 5.73. The van der Waals surface area contributed by atoms with Gasteiger partial charge in [0.15, 0.2) is 13.6 Å². The van der Waals surface area contributed by atoms with Gasteiger partial charge >= 0.3 is 0 Å². The van der Waals surface area contributed by atoms with Gasteiger partial charge < -0.3 is 28.1 Å². The fourth-order valence-corrected chi connectivity index (χ4v) is 14.7. The fourth-order valence-electron chi connectivity index (χ4n) is 8.75. The molecule has 3 aliphatic carbocycles. The van der Waals surface area contributed by atoms with Crippen LogP contribution in [0.15, 0.2) is 82.7 Å². The Hall–Kier alpha value is -3.12. The molecule has 0 radical (unpaired) electrons. The van der Waals surface area contributed by atoms with E-state index in [1.807, 2.05) is 47.0 Å². The van der Waals surface area contributed by atoms with Crippen molar-refractivity contribution in [3.8, 4) is 11.5 Å². The molecular formula is C43H44N2O4S4. The minimum absolute atomic E-state index is 0.0602. The first-order valence-corrected chi connectivity index (χ1v) is 21.5. The number of benzene rings is 3. The molecule has 0 saturated heterocycles. The van der Waals surface area contributed by atoms with Crippen LogP contribution >= 0.6 is 47.0 Å². The van der Waals surface area contributed by atoms with Gasteiger partial charge in [0.1, 0.15) is 11.5 Å². The highest BCUT2D eigenvalue weighted by atomic mass is 32.2. The molecule has 0 unspecified atom stereocenters. The third-order valence-electron chi connectivity index (χ3n) is 11.4. The van der Waals surface area contributed by atoms with Gasteiger partial charge in [0, 0.05) is 93.1 Å². The Kier molecular flexibility index (Phi) is 9.52. The molecule has 274 valence electrons. The summed E-state index contributed by atoms with van der Waals surface area (Å²) < 4.78 is 31.7. The van der Waals surface area contributed by atoms with Gasteiger partial charge in [0.05, 0.1) is 8.47 Å². The molecule has 10 rings (SSSR count). The first-order valence-electron chi connectivity index (χ1n) is 18.2. The van der Waals surface area contributed by atoms with Crippen LogP contribution in [0.1, 0.15) is 86.4 Å². The topological polar surface area (TPSA) is 46.8 Å². The quantitative estimate of drug-likeness (QED) is 0.0950. The number of ether oxygens (including phenoxy) is 4. The summed E-state index contributed by atoms with van der Waals surface area (Å²) in [6.45, 7) is 10.5. The minimum atomic E-state index is 0.0602. The molecule has 5 aromatic rings. The Labute approximate surface area is 329 Å². The lowest BCUT2D eigenvalue weighted by Crippen LogP contribution is -2.29. The molecule has 2 aromatic heterocycles. The number of nitrogens with zero attached hydrogens (tertiary/aromatic N) is 2. The van der Waals surface area contributed by atoms with E-state index in [0.29, 0.717) is 0 Å². The maximum absolute atomic E-state index is 6.58. The number of unbranched alkanes of at least 4 members (excludes halogenated alkanes) is 1. The van der Waals surface area contributed by atoms with Crippen LogP contribution in [0.5, 0.6) is 11.5 Å². The van der Waals surface area contributed by atoms with Crippen LogP contribution in [0.4, 0.5) is 0 Å². The molecule has 53 heavy (non-hydrogen) atoms. The predicted octanol–water partition coefficient (Wildman–Crippen LogP) is 11.3. The molecule has 3 aromatic carbocycles. The van der Waals surface area contributed by atoms with Crippen LogP contribution in [-0.4, -0.2) is 36.9 Å². The molecule has 6 nitrogen and oxygen atoms in total. The molecule has 0 spiro atoms. The van der Waals surface area contributed by atoms with Crippen molar-refractivity contribution in [1.29, 1.82) is 0 Å². The van der Waals surface area contributed by atoms with Gasteiger partial charge in [0.2, 0.25) is 0 Å². The van der Waals surface area contributed by atoms with E-state index in [1.165, 1.54) is 89.8 Å². The fraction of sp³-hybridized carbons (Fsp3) is 0.349. The van der Waals surface area contributed by atoms with Gasteiger partial charge in [-0.15, -0.1) is 0 Å². The number of methoxy groups -OCH3 is 2. The number of aryl methyl sites for hydroxylation is 1. The lowest BCUT2D eigenvalue weighted by molar-refractivity contribution is 0.0463. The molecule has 0 amide bonds. The van der Waals surface area contributed by atoms with E-state index in [0.717, 1.165) is 37.3 Å². The van der Waals surface area contributed by atoms with Gasteiger partial charge in [-0.2, -0.15) is 0 Å². The third-order valence-corrected chi connectivity index (χ3v) is 17.6. The summed E-state index contributed by atoms with van der Waals surface area (Å²) in [6.07, 6.45) is 2.96. The van der Waals surface area contributed by atoms with Crippen molar-refractivity contribution >= 4 is 47.0 Å². The molecule has 2 aliphatic heterocycles. The van der Waals surface area contributed by atoms with Crippen LogP contribution in [0.25, 0.3) is 0 Å². The monoisotopic (exact) mass is 780 g/mol. The Morgan fingerprint density at radius 2 is 1.08 bits per heavy atom. The number of rotatable bonds is 11. The lowest BCUT2D eigenvalue weighted by atomic mass is 9.60. The largest absolute Gasteiger partial charge is 0.467 e. The number of aromatic nitrogens is 2. The maximum Gasteiger partial charge on any atom is 0.188 e. The Bertz CT molecular complexity index is 2210. The number of fused-ring (bicyclic) bond motifs is 2. The first-order chi connectivity index (χ1) is 25.8. The molecule has 0 atom stereocenters. The standard InChI is InChI=1S/C43H44N2O4S4/c1-23-38-39(24(2)44(23)5)51-42(50-38)43-52-40-25(3)45(26(4)41(40)53-43)19-13-12-14-27-20-32(48-21-46-6)35-33-28-15-8-10-17-30(28)34(31-18-11-9-16-29(31)33)36(35)37(27)49-22-47-7/h8-11,15-18,20,33-34H,12-14,19,21-22H2,1-7H3. The summed E-state index contributed by atoms with van der Waals surface area (Å²) in [5.41, 5.74) is 14.5. The van der Waals surface area contributed by atoms with Gasteiger partial charge in [-0.3, -0.25) is 0 Å². The van der Waals surface area contributed by atoms with E-state index >= 15 is 0 Å². The second-order valence-corrected chi connectivity index (χ2v) is 18.8. The zero-order chi connectivity index (χ0) is 36.5. The van der Waals surface area contributed by atoms with Crippen molar-refractivity contribution in [3.05, 3.63) is 125 Å². The summed E-state index contributed by atoms with van der Waals surface area (Å²) in [5.74, 6) is 1.96. The second-order valence-electron chi connectivity index (χ2n) is 14.2. The van der Waals surface area contributed by atoms with Crippen molar-refractivity contribution < 1.29 is 18.9 Å². The van der Waals surface area contributed by atoms with Gasteiger partial charge in [-0.25, -0.2) is 0 Å².